The van der Waals surface area contributed by atoms with E-state index < -0.39 is 0 Å². The number of fused-ring (bicyclic) bond motifs is 1. The molecule has 2 heterocycles. The van der Waals surface area contributed by atoms with Crippen LogP contribution in [0.3, 0.4) is 0 Å². The molecule has 0 spiro atoms. The average molecular weight is 383 g/mol. The van der Waals surface area contributed by atoms with E-state index in [9.17, 15) is 0 Å². The molecule has 0 unspecified atom stereocenters. The third kappa shape index (κ3) is 4.91. The summed E-state index contributed by atoms with van der Waals surface area (Å²) in [6, 6.07) is 6.50. The largest absolute Gasteiger partial charge is 0.361 e. The Labute approximate surface area is 166 Å². The molecule has 0 bridgehead atoms. The summed E-state index contributed by atoms with van der Waals surface area (Å²) in [5.41, 5.74) is 3.58. The van der Waals surface area contributed by atoms with Crippen molar-refractivity contribution in [1.82, 2.24) is 25.8 Å². The predicted octanol–water partition coefficient (Wildman–Crippen LogP) is 3.45. The van der Waals surface area contributed by atoms with Gasteiger partial charge in [0.2, 0.25) is 5.89 Å². The lowest BCUT2D eigenvalue weighted by Crippen LogP contribution is -2.38. The molecule has 2 aromatic heterocycles. The van der Waals surface area contributed by atoms with Gasteiger partial charge < -0.3 is 20.1 Å². The van der Waals surface area contributed by atoms with Crippen LogP contribution in [0, 0.1) is 6.92 Å². The van der Waals surface area contributed by atoms with Crippen molar-refractivity contribution >= 4 is 16.9 Å². The van der Waals surface area contributed by atoms with Gasteiger partial charge in [0, 0.05) is 35.6 Å². The summed E-state index contributed by atoms with van der Waals surface area (Å²) in [6.45, 7) is 12.2. The summed E-state index contributed by atoms with van der Waals surface area (Å²) in [6.07, 6.45) is 2.99. The Hall–Kier alpha value is -2.83. The molecule has 0 aliphatic rings. The van der Waals surface area contributed by atoms with E-state index in [1.54, 1.807) is 0 Å². The van der Waals surface area contributed by atoms with Crippen LogP contribution in [-0.4, -0.2) is 34.2 Å². The van der Waals surface area contributed by atoms with Crippen molar-refractivity contribution in [2.45, 2.75) is 53.0 Å². The van der Waals surface area contributed by atoms with Gasteiger partial charge in [-0.3, -0.25) is 0 Å². The second-order valence-corrected chi connectivity index (χ2v) is 8.00. The van der Waals surface area contributed by atoms with Gasteiger partial charge in [0.05, 0.1) is 0 Å². The monoisotopic (exact) mass is 382 g/mol. The zero-order chi connectivity index (χ0) is 20.1. The molecule has 0 saturated carbocycles. The van der Waals surface area contributed by atoms with Crippen LogP contribution < -0.4 is 10.6 Å². The summed E-state index contributed by atoms with van der Waals surface area (Å²) < 4.78 is 5.33. The second kappa shape index (κ2) is 8.46. The van der Waals surface area contributed by atoms with Crippen molar-refractivity contribution in [1.29, 1.82) is 0 Å². The Morgan fingerprint density at radius 3 is 2.79 bits per heavy atom. The summed E-state index contributed by atoms with van der Waals surface area (Å²) in [4.78, 5) is 12.4. The third-order valence-corrected chi connectivity index (χ3v) is 4.44. The van der Waals surface area contributed by atoms with Crippen LogP contribution in [0.1, 0.15) is 50.5 Å². The standard InChI is InChI=1S/C21H30N6O/c1-6-22-20(25-13-18-26-19(28-27-18)21(3,4)5)23-10-9-15-12-24-17-11-14(2)7-8-16(15)17/h7-8,11-12,24H,6,9-10,13H2,1-5H3,(H2,22,23,25). The highest BCUT2D eigenvalue weighted by atomic mass is 16.5. The van der Waals surface area contributed by atoms with Crippen LogP contribution in [0.2, 0.25) is 0 Å². The normalized spacial score (nSPS) is 12.5. The Bertz CT molecular complexity index is 947. The number of hydrogen-bond donors (Lipinski definition) is 3. The fourth-order valence-corrected chi connectivity index (χ4v) is 2.94. The number of H-pyrrole nitrogens is 1. The number of nitrogens with zero attached hydrogens (tertiary/aromatic N) is 3. The number of hydrogen-bond acceptors (Lipinski definition) is 4. The molecule has 0 aliphatic carbocycles. The minimum Gasteiger partial charge on any atom is -0.361 e. The molecule has 0 fully saturated rings. The van der Waals surface area contributed by atoms with Crippen LogP contribution >= 0.6 is 0 Å². The molecule has 28 heavy (non-hydrogen) atoms. The number of aromatic amines is 1. The van der Waals surface area contributed by atoms with Gasteiger partial charge in [0.1, 0.15) is 6.54 Å². The van der Waals surface area contributed by atoms with E-state index >= 15 is 0 Å². The Morgan fingerprint density at radius 1 is 1.25 bits per heavy atom. The summed E-state index contributed by atoms with van der Waals surface area (Å²) in [5.74, 6) is 1.97. The van der Waals surface area contributed by atoms with Gasteiger partial charge >= 0.3 is 0 Å². The molecular weight excluding hydrogens is 352 g/mol. The molecule has 3 aromatic rings. The predicted molar refractivity (Wildman–Crippen MR) is 113 cm³/mol. The number of aromatic nitrogens is 3. The van der Waals surface area contributed by atoms with E-state index in [1.807, 2.05) is 27.7 Å². The highest BCUT2D eigenvalue weighted by molar-refractivity contribution is 5.84. The number of aryl methyl sites for hydroxylation is 1. The van der Waals surface area contributed by atoms with Crippen LogP contribution in [0.15, 0.2) is 33.9 Å². The second-order valence-electron chi connectivity index (χ2n) is 8.00. The van der Waals surface area contributed by atoms with Crippen LogP contribution in [0.25, 0.3) is 10.9 Å². The molecule has 0 atom stereocenters. The summed E-state index contributed by atoms with van der Waals surface area (Å²) in [7, 11) is 0. The van der Waals surface area contributed by atoms with E-state index in [1.165, 1.54) is 22.0 Å². The molecule has 0 radical (unpaired) electrons. The van der Waals surface area contributed by atoms with Gasteiger partial charge in [-0.05, 0) is 37.5 Å². The average Bonchev–Trinajstić information content (AvgIpc) is 3.26. The maximum atomic E-state index is 5.33. The van der Waals surface area contributed by atoms with Gasteiger partial charge in [0.15, 0.2) is 11.8 Å². The SMILES string of the molecule is CCNC(=NCc1noc(C(C)(C)C)n1)NCCc1c[nH]c2cc(C)ccc12. The summed E-state index contributed by atoms with van der Waals surface area (Å²) in [5, 5.41) is 11.9. The minimum absolute atomic E-state index is 0.157. The Morgan fingerprint density at radius 2 is 2.07 bits per heavy atom. The Kier molecular flexibility index (Phi) is 6.02. The van der Waals surface area contributed by atoms with Gasteiger partial charge in [-0.2, -0.15) is 4.98 Å². The number of aliphatic imine (C=N–C) groups is 1. The first-order chi connectivity index (χ1) is 13.4. The quantitative estimate of drug-likeness (QED) is 0.449. The van der Waals surface area contributed by atoms with E-state index in [0.29, 0.717) is 18.3 Å². The van der Waals surface area contributed by atoms with E-state index in [4.69, 9.17) is 4.52 Å². The van der Waals surface area contributed by atoms with Crippen molar-refractivity contribution in [2.75, 3.05) is 13.1 Å². The van der Waals surface area contributed by atoms with Crippen molar-refractivity contribution < 1.29 is 4.52 Å². The van der Waals surface area contributed by atoms with E-state index in [0.717, 1.165) is 25.5 Å². The molecule has 0 aliphatic heterocycles. The van der Waals surface area contributed by atoms with Gasteiger partial charge in [0.25, 0.3) is 0 Å². The number of nitrogens with one attached hydrogen (secondary N) is 3. The highest BCUT2D eigenvalue weighted by Crippen LogP contribution is 2.20. The fraction of sp³-hybridized carbons (Fsp3) is 0.476. The van der Waals surface area contributed by atoms with Gasteiger partial charge in [-0.1, -0.05) is 38.1 Å². The van der Waals surface area contributed by atoms with Crippen LogP contribution in [0.4, 0.5) is 0 Å². The van der Waals surface area contributed by atoms with Crippen molar-refractivity contribution in [2.24, 2.45) is 4.99 Å². The lowest BCUT2D eigenvalue weighted by molar-refractivity contribution is 0.318. The maximum absolute atomic E-state index is 5.33. The maximum Gasteiger partial charge on any atom is 0.232 e. The van der Waals surface area contributed by atoms with Crippen LogP contribution in [0.5, 0.6) is 0 Å². The molecule has 3 N–H and O–H groups in total. The van der Waals surface area contributed by atoms with Crippen molar-refractivity contribution in [3.05, 3.63) is 47.2 Å². The molecule has 3 rings (SSSR count). The first kappa shape index (κ1) is 19.9. The molecule has 7 nitrogen and oxygen atoms in total. The topological polar surface area (TPSA) is 91.1 Å². The van der Waals surface area contributed by atoms with Crippen molar-refractivity contribution in [3.63, 3.8) is 0 Å². The fourth-order valence-electron chi connectivity index (χ4n) is 2.94. The molecule has 0 amide bonds. The molecule has 0 saturated heterocycles. The van der Waals surface area contributed by atoms with E-state index in [-0.39, 0.29) is 5.41 Å². The minimum atomic E-state index is -0.157. The smallest absolute Gasteiger partial charge is 0.232 e. The molecule has 1 aromatic carbocycles. The summed E-state index contributed by atoms with van der Waals surface area (Å²) >= 11 is 0. The number of guanidine groups is 1. The Balaban J connectivity index is 1.59. The zero-order valence-corrected chi connectivity index (χ0v) is 17.4. The lowest BCUT2D eigenvalue weighted by atomic mass is 9.97. The molecule has 150 valence electrons. The number of benzene rings is 1. The van der Waals surface area contributed by atoms with Gasteiger partial charge in [-0.25, -0.2) is 4.99 Å². The highest BCUT2D eigenvalue weighted by Gasteiger charge is 2.21. The first-order valence-corrected chi connectivity index (χ1v) is 9.78. The third-order valence-electron chi connectivity index (χ3n) is 4.44. The molecule has 7 heteroatoms. The zero-order valence-electron chi connectivity index (χ0n) is 17.4. The van der Waals surface area contributed by atoms with Crippen molar-refractivity contribution in [3.8, 4) is 0 Å². The van der Waals surface area contributed by atoms with Crippen LogP contribution in [-0.2, 0) is 18.4 Å². The van der Waals surface area contributed by atoms with Gasteiger partial charge in [-0.15, -0.1) is 0 Å². The first-order valence-electron chi connectivity index (χ1n) is 9.78. The van der Waals surface area contributed by atoms with E-state index in [2.05, 4.69) is 62.1 Å². The molecular formula is C21H30N6O. The number of rotatable bonds is 6. The lowest BCUT2D eigenvalue weighted by Gasteiger charge is -2.11.